The number of piperidine rings is 2. The SMILES string of the molecule is CC(C)CCCNC(=O)N1CCC(N2CCCCC2)CC1. The van der Waals surface area contributed by atoms with Crippen LogP contribution in [0.25, 0.3) is 0 Å². The Balaban J connectivity index is 1.62. The van der Waals surface area contributed by atoms with Gasteiger partial charge in [-0.25, -0.2) is 4.79 Å². The number of hydrogen-bond donors (Lipinski definition) is 1. The summed E-state index contributed by atoms with van der Waals surface area (Å²) >= 11 is 0. The lowest BCUT2D eigenvalue weighted by atomic mass is 10.00. The number of carbonyl (C=O) groups is 1. The summed E-state index contributed by atoms with van der Waals surface area (Å²) in [7, 11) is 0. The monoisotopic (exact) mass is 295 g/mol. The van der Waals surface area contributed by atoms with Crippen molar-refractivity contribution < 1.29 is 4.79 Å². The Morgan fingerprint density at radius 3 is 2.38 bits per heavy atom. The Labute approximate surface area is 130 Å². The lowest BCUT2D eigenvalue weighted by Gasteiger charge is -2.40. The van der Waals surface area contributed by atoms with Crippen molar-refractivity contribution in [1.29, 1.82) is 0 Å². The van der Waals surface area contributed by atoms with Crippen LogP contribution in [0.3, 0.4) is 0 Å². The van der Waals surface area contributed by atoms with Crippen LogP contribution in [0, 0.1) is 5.92 Å². The largest absolute Gasteiger partial charge is 0.338 e. The summed E-state index contributed by atoms with van der Waals surface area (Å²) in [6.07, 6.45) is 8.70. The van der Waals surface area contributed by atoms with E-state index in [2.05, 4.69) is 24.1 Å². The summed E-state index contributed by atoms with van der Waals surface area (Å²) < 4.78 is 0. The molecule has 2 rings (SSSR count). The Hall–Kier alpha value is -0.770. The normalized spacial score (nSPS) is 21.8. The van der Waals surface area contributed by atoms with E-state index in [0.717, 1.165) is 50.9 Å². The zero-order valence-corrected chi connectivity index (χ0v) is 13.9. The number of nitrogens with zero attached hydrogens (tertiary/aromatic N) is 2. The maximum Gasteiger partial charge on any atom is 0.317 e. The number of carbonyl (C=O) groups excluding carboxylic acids is 1. The highest BCUT2D eigenvalue weighted by Gasteiger charge is 2.27. The molecule has 0 saturated carbocycles. The predicted octanol–water partition coefficient (Wildman–Crippen LogP) is 3.08. The first-order chi connectivity index (χ1) is 10.2. The summed E-state index contributed by atoms with van der Waals surface area (Å²) in [6, 6.07) is 0.867. The maximum atomic E-state index is 12.1. The second-order valence-electron chi connectivity index (χ2n) is 7.08. The van der Waals surface area contributed by atoms with Gasteiger partial charge in [0.2, 0.25) is 0 Å². The molecule has 21 heavy (non-hydrogen) atoms. The Morgan fingerprint density at radius 1 is 1.10 bits per heavy atom. The van der Waals surface area contributed by atoms with Crippen LogP contribution in [0.1, 0.15) is 58.8 Å². The number of urea groups is 1. The van der Waals surface area contributed by atoms with Gasteiger partial charge in [-0.2, -0.15) is 0 Å². The first-order valence-corrected chi connectivity index (χ1v) is 8.93. The molecule has 0 bridgehead atoms. The van der Waals surface area contributed by atoms with E-state index in [1.54, 1.807) is 0 Å². The highest BCUT2D eigenvalue weighted by atomic mass is 16.2. The highest BCUT2D eigenvalue weighted by molar-refractivity contribution is 5.74. The Kier molecular flexibility index (Phi) is 6.81. The van der Waals surface area contributed by atoms with Gasteiger partial charge in [-0.3, -0.25) is 0 Å². The third-order valence-electron chi connectivity index (χ3n) is 4.89. The molecule has 1 N–H and O–H groups in total. The second kappa shape index (κ2) is 8.62. The summed E-state index contributed by atoms with van der Waals surface area (Å²) in [5.41, 5.74) is 0. The highest BCUT2D eigenvalue weighted by Crippen LogP contribution is 2.20. The van der Waals surface area contributed by atoms with E-state index in [1.807, 2.05) is 4.90 Å². The van der Waals surface area contributed by atoms with E-state index >= 15 is 0 Å². The molecule has 4 nitrogen and oxygen atoms in total. The van der Waals surface area contributed by atoms with Crippen molar-refractivity contribution in [2.75, 3.05) is 32.7 Å². The topological polar surface area (TPSA) is 35.6 Å². The van der Waals surface area contributed by atoms with Gasteiger partial charge in [-0.05, 0) is 57.5 Å². The van der Waals surface area contributed by atoms with Crippen LogP contribution in [0.4, 0.5) is 4.79 Å². The minimum atomic E-state index is 0.149. The van der Waals surface area contributed by atoms with E-state index in [-0.39, 0.29) is 6.03 Å². The van der Waals surface area contributed by atoms with Crippen LogP contribution in [-0.4, -0.2) is 54.6 Å². The molecule has 0 aromatic rings. The van der Waals surface area contributed by atoms with Gasteiger partial charge in [0.25, 0.3) is 0 Å². The summed E-state index contributed by atoms with van der Waals surface area (Å²) in [5, 5.41) is 3.08. The number of nitrogens with one attached hydrogen (secondary N) is 1. The van der Waals surface area contributed by atoms with E-state index in [4.69, 9.17) is 0 Å². The van der Waals surface area contributed by atoms with Crippen molar-refractivity contribution >= 4 is 6.03 Å². The first kappa shape index (κ1) is 16.6. The van der Waals surface area contributed by atoms with Gasteiger partial charge in [0.1, 0.15) is 0 Å². The summed E-state index contributed by atoms with van der Waals surface area (Å²) in [4.78, 5) is 16.8. The van der Waals surface area contributed by atoms with Gasteiger partial charge in [0, 0.05) is 25.7 Å². The molecule has 0 aromatic carbocycles. The average molecular weight is 295 g/mol. The Bertz CT molecular complexity index is 305. The fourth-order valence-electron chi connectivity index (χ4n) is 3.54. The molecule has 0 unspecified atom stereocenters. The molecule has 2 fully saturated rings. The molecule has 122 valence electrons. The maximum absolute atomic E-state index is 12.1. The third-order valence-corrected chi connectivity index (χ3v) is 4.89. The molecule has 2 amide bonds. The molecule has 0 atom stereocenters. The van der Waals surface area contributed by atoms with Crippen LogP contribution >= 0.6 is 0 Å². The van der Waals surface area contributed by atoms with Crippen LogP contribution in [-0.2, 0) is 0 Å². The van der Waals surface area contributed by atoms with Crippen molar-refractivity contribution in [2.45, 2.75) is 64.8 Å². The minimum absolute atomic E-state index is 0.149. The lowest BCUT2D eigenvalue weighted by molar-refractivity contribution is 0.101. The molecular formula is C17H33N3O. The standard InChI is InChI=1S/C17H33N3O/c1-15(2)7-6-10-18-17(21)20-13-8-16(9-14-20)19-11-4-3-5-12-19/h15-16H,3-14H2,1-2H3,(H,18,21). The molecule has 0 aromatic heterocycles. The van der Waals surface area contributed by atoms with E-state index in [0.29, 0.717) is 0 Å². The van der Waals surface area contributed by atoms with Crippen LogP contribution in [0.5, 0.6) is 0 Å². The fourth-order valence-corrected chi connectivity index (χ4v) is 3.54. The van der Waals surface area contributed by atoms with Crippen molar-refractivity contribution in [3.8, 4) is 0 Å². The molecule has 0 radical (unpaired) electrons. The van der Waals surface area contributed by atoms with E-state index < -0.39 is 0 Å². The van der Waals surface area contributed by atoms with Crippen LogP contribution in [0.2, 0.25) is 0 Å². The van der Waals surface area contributed by atoms with E-state index in [9.17, 15) is 4.79 Å². The zero-order valence-electron chi connectivity index (χ0n) is 13.9. The minimum Gasteiger partial charge on any atom is -0.338 e. The van der Waals surface area contributed by atoms with Crippen molar-refractivity contribution in [3.63, 3.8) is 0 Å². The second-order valence-corrected chi connectivity index (χ2v) is 7.08. The quantitative estimate of drug-likeness (QED) is 0.791. The van der Waals surface area contributed by atoms with Crippen molar-refractivity contribution in [2.24, 2.45) is 5.92 Å². The van der Waals surface area contributed by atoms with Crippen molar-refractivity contribution in [3.05, 3.63) is 0 Å². The molecule has 2 aliphatic heterocycles. The number of hydrogen-bond acceptors (Lipinski definition) is 2. The average Bonchev–Trinajstić information content (AvgIpc) is 2.52. The number of likely N-dealkylation sites (tertiary alicyclic amines) is 2. The number of rotatable bonds is 5. The van der Waals surface area contributed by atoms with Gasteiger partial charge in [0.15, 0.2) is 0 Å². The van der Waals surface area contributed by atoms with Crippen molar-refractivity contribution in [1.82, 2.24) is 15.1 Å². The molecular weight excluding hydrogens is 262 g/mol. The van der Waals surface area contributed by atoms with Gasteiger partial charge in [0.05, 0.1) is 0 Å². The van der Waals surface area contributed by atoms with Crippen LogP contribution in [0.15, 0.2) is 0 Å². The third kappa shape index (κ3) is 5.50. The molecule has 0 spiro atoms. The molecule has 0 aliphatic carbocycles. The van der Waals surface area contributed by atoms with Gasteiger partial charge in [-0.15, -0.1) is 0 Å². The fraction of sp³-hybridized carbons (Fsp3) is 0.941. The lowest BCUT2D eigenvalue weighted by Crippen LogP contribution is -2.50. The summed E-state index contributed by atoms with van der Waals surface area (Å²) in [6.45, 7) is 9.68. The summed E-state index contributed by atoms with van der Waals surface area (Å²) in [5.74, 6) is 0.724. The smallest absolute Gasteiger partial charge is 0.317 e. The molecule has 2 heterocycles. The molecule has 2 aliphatic rings. The van der Waals surface area contributed by atoms with Gasteiger partial charge >= 0.3 is 6.03 Å². The predicted molar refractivity (Wildman–Crippen MR) is 87.5 cm³/mol. The number of amides is 2. The van der Waals surface area contributed by atoms with Gasteiger partial charge < -0.3 is 15.1 Å². The van der Waals surface area contributed by atoms with Crippen LogP contribution < -0.4 is 5.32 Å². The first-order valence-electron chi connectivity index (χ1n) is 8.93. The van der Waals surface area contributed by atoms with E-state index in [1.165, 1.54) is 38.8 Å². The molecule has 2 saturated heterocycles. The van der Waals surface area contributed by atoms with Gasteiger partial charge in [-0.1, -0.05) is 20.3 Å². The Morgan fingerprint density at radius 2 is 1.76 bits per heavy atom. The zero-order chi connectivity index (χ0) is 15.1. The molecule has 4 heteroatoms.